The van der Waals surface area contributed by atoms with Crippen LogP contribution in [0.25, 0.3) is 0 Å². The summed E-state index contributed by atoms with van der Waals surface area (Å²) in [4.78, 5) is 14.1. The summed E-state index contributed by atoms with van der Waals surface area (Å²) in [5, 5.41) is 0.307. The van der Waals surface area contributed by atoms with Crippen molar-refractivity contribution in [3.05, 3.63) is 29.8 Å². The molecule has 0 aromatic heterocycles. The molecule has 0 saturated heterocycles. The number of carbonyl (C=O) groups excluding carboxylic acids is 1. The average Bonchev–Trinajstić information content (AvgIpc) is 2.70. The molecule has 168 valence electrons. The summed E-state index contributed by atoms with van der Waals surface area (Å²) in [6.07, 6.45) is 14.4. The molecule has 0 bridgehead atoms. The van der Waals surface area contributed by atoms with E-state index in [2.05, 4.69) is 65.8 Å². The van der Waals surface area contributed by atoms with Gasteiger partial charge in [0, 0.05) is 23.1 Å². The number of benzene rings is 1. The van der Waals surface area contributed by atoms with Crippen LogP contribution in [0.15, 0.2) is 29.2 Å². The molecule has 0 aliphatic carbocycles. The van der Waals surface area contributed by atoms with Gasteiger partial charge in [-0.05, 0) is 31.7 Å². The second-order valence-electron chi connectivity index (χ2n) is 8.97. The van der Waals surface area contributed by atoms with Gasteiger partial charge in [0.2, 0.25) is 0 Å². The fourth-order valence-electron chi connectivity index (χ4n) is 3.53. The largest absolute Gasteiger partial charge is 1.00 e. The van der Waals surface area contributed by atoms with E-state index in [-0.39, 0.29) is 22.4 Å². The third-order valence-corrected chi connectivity index (χ3v) is 12.2. The van der Waals surface area contributed by atoms with Crippen LogP contribution in [0.3, 0.4) is 0 Å². The summed E-state index contributed by atoms with van der Waals surface area (Å²) >= 11 is 1.49. The number of hydrogen-bond acceptors (Lipinski definition) is 2. The predicted molar refractivity (Wildman–Crippen MR) is 131 cm³/mol. The Labute approximate surface area is 196 Å². The number of thioether (sulfide) groups is 1. The van der Waals surface area contributed by atoms with Crippen molar-refractivity contribution in [2.45, 2.75) is 97.5 Å². The van der Waals surface area contributed by atoms with Crippen LogP contribution in [0, 0.1) is 5.41 Å². The van der Waals surface area contributed by atoms with Gasteiger partial charge in [-0.15, -0.1) is 0 Å². The van der Waals surface area contributed by atoms with Crippen LogP contribution < -0.4 is 17.0 Å². The molecule has 1 aromatic rings. The first-order valence-corrected chi connectivity index (χ1v) is 14.8. The molecule has 1 nitrogen and oxygen atoms in total. The monoisotopic (exact) mass is 502 g/mol. The van der Waals surface area contributed by atoms with Crippen LogP contribution in [-0.4, -0.2) is 23.6 Å². The lowest BCUT2D eigenvalue weighted by molar-refractivity contribution is -0.118. The summed E-state index contributed by atoms with van der Waals surface area (Å²) in [6, 6.07) is 8.75. The maximum Gasteiger partial charge on any atom is 0.199 e. The van der Waals surface area contributed by atoms with Gasteiger partial charge in [0.1, 0.15) is 0 Å². The third-order valence-electron chi connectivity index (χ3n) is 6.08. The summed E-state index contributed by atoms with van der Waals surface area (Å²) in [5.41, 5.74) is 1.18. The molecule has 0 unspecified atom stereocenters. The standard InChI is InChI=1S/C25H44OPS.BrH/c1-7-11-18-27(19-12-8-2,20-13-9-3)21-22-16-14-15-17-23(22)28-24(26)25(5,6)10-4;/h14-17H,7-13,18-21H2,1-6H3;1H/q+1;/p-1. The van der Waals surface area contributed by atoms with Crippen LogP contribution >= 0.6 is 19.0 Å². The number of halogens is 1. The Balaban J connectivity index is 0.00000784. The van der Waals surface area contributed by atoms with Gasteiger partial charge in [-0.3, -0.25) is 4.79 Å². The highest BCUT2D eigenvalue weighted by atomic mass is 79.9. The molecule has 0 fully saturated rings. The molecule has 29 heavy (non-hydrogen) atoms. The van der Waals surface area contributed by atoms with Gasteiger partial charge in [0.25, 0.3) is 0 Å². The smallest absolute Gasteiger partial charge is 0.199 e. The normalized spacial score (nSPS) is 11.9. The van der Waals surface area contributed by atoms with E-state index in [0.29, 0.717) is 5.12 Å². The van der Waals surface area contributed by atoms with Gasteiger partial charge in [0.15, 0.2) is 5.12 Å². The number of rotatable bonds is 14. The van der Waals surface area contributed by atoms with E-state index >= 15 is 0 Å². The lowest BCUT2D eigenvalue weighted by Crippen LogP contribution is -3.00. The van der Waals surface area contributed by atoms with E-state index in [1.54, 1.807) is 0 Å². The van der Waals surface area contributed by atoms with Gasteiger partial charge >= 0.3 is 0 Å². The quantitative estimate of drug-likeness (QED) is 0.241. The highest BCUT2D eigenvalue weighted by Gasteiger charge is 2.37. The topological polar surface area (TPSA) is 17.1 Å². The van der Waals surface area contributed by atoms with Crippen molar-refractivity contribution >= 4 is 24.1 Å². The van der Waals surface area contributed by atoms with Gasteiger partial charge in [0.05, 0.1) is 24.6 Å². The number of hydrogen-bond donors (Lipinski definition) is 0. The van der Waals surface area contributed by atoms with Crippen molar-refractivity contribution in [3.8, 4) is 0 Å². The minimum Gasteiger partial charge on any atom is -1.00 e. The molecule has 0 atom stereocenters. The Morgan fingerprint density at radius 2 is 1.38 bits per heavy atom. The Morgan fingerprint density at radius 1 is 0.897 bits per heavy atom. The first-order chi connectivity index (χ1) is 13.3. The minimum absolute atomic E-state index is 0. The van der Waals surface area contributed by atoms with E-state index in [1.807, 2.05) is 0 Å². The van der Waals surface area contributed by atoms with Crippen LogP contribution in [0.1, 0.15) is 92.1 Å². The predicted octanol–water partition coefficient (Wildman–Crippen LogP) is 5.66. The molecule has 0 saturated carbocycles. The molecule has 0 spiro atoms. The molecular formula is C25H44BrOPS. The van der Waals surface area contributed by atoms with E-state index in [0.717, 1.165) is 6.42 Å². The van der Waals surface area contributed by atoms with Crippen molar-refractivity contribution in [1.82, 2.24) is 0 Å². The first kappa shape index (κ1) is 29.1. The molecule has 4 heteroatoms. The highest BCUT2D eigenvalue weighted by Crippen LogP contribution is 2.63. The van der Waals surface area contributed by atoms with E-state index in [1.165, 1.54) is 85.4 Å². The third kappa shape index (κ3) is 9.88. The first-order valence-electron chi connectivity index (χ1n) is 11.5. The zero-order chi connectivity index (χ0) is 21.0. The van der Waals surface area contributed by atoms with Gasteiger partial charge in [-0.2, -0.15) is 0 Å². The van der Waals surface area contributed by atoms with Crippen LogP contribution in [0.4, 0.5) is 0 Å². The van der Waals surface area contributed by atoms with E-state index in [9.17, 15) is 4.79 Å². The molecular weight excluding hydrogens is 459 g/mol. The van der Waals surface area contributed by atoms with Crippen molar-refractivity contribution in [2.75, 3.05) is 18.5 Å². The molecule has 0 amide bonds. The second kappa shape index (κ2) is 15.0. The molecule has 1 rings (SSSR count). The van der Waals surface area contributed by atoms with Crippen molar-refractivity contribution in [2.24, 2.45) is 5.41 Å². The maximum absolute atomic E-state index is 12.9. The summed E-state index contributed by atoms with van der Waals surface area (Å²) in [6.45, 7) is 13.2. The molecule has 0 heterocycles. The molecule has 0 radical (unpaired) electrons. The molecule has 0 aliphatic rings. The second-order valence-corrected chi connectivity index (χ2v) is 14.3. The van der Waals surface area contributed by atoms with Gasteiger partial charge in [-0.1, -0.05) is 90.8 Å². The molecule has 1 aromatic carbocycles. The van der Waals surface area contributed by atoms with Crippen LogP contribution in [0.5, 0.6) is 0 Å². The van der Waals surface area contributed by atoms with Gasteiger partial charge in [-0.25, -0.2) is 0 Å². The van der Waals surface area contributed by atoms with E-state index < -0.39 is 7.26 Å². The summed E-state index contributed by atoms with van der Waals surface area (Å²) < 4.78 is 0. The fourth-order valence-corrected chi connectivity index (χ4v) is 9.78. The SMILES string of the molecule is CCCC[P+](CCCC)(CCCC)Cc1ccccc1SC(=O)C(C)(C)CC.[Br-]. The van der Waals surface area contributed by atoms with Crippen LogP contribution in [0.2, 0.25) is 0 Å². The highest BCUT2D eigenvalue weighted by molar-refractivity contribution is 8.13. The summed E-state index contributed by atoms with van der Waals surface area (Å²) in [5.74, 6) is 0. The fraction of sp³-hybridized carbons (Fsp3) is 0.720. The Morgan fingerprint density at radius 3 is 1.83 bits per heavy atom. The van der Waals surface area contributed by atoms with Gasteiger partial charge < -0.3 is 17.0 Å². The maximum atomic E-state index is 12.9. The molecule has 0 aliphatic heterocycles. The zero-order valence-corrected chi connectivity index (χ0v) is 23.0. The lowest BCUT2D eigenvalue weighted by Gasteiger charge is -2.29. The Hall–Kier alpha value is 0.150. The molecule has 0 N–H and O–H groups in total. The van der Waals surface area contributed by atoms with Crippen molar-refractivity contribution < 1.29 is 21.8 Å². The van der Waals surface area contributed by atoms with Crippen molar-refractivity contribution in [3.63, 3.8) is 0 Å². The Bertz CT molecular complexity index is 566. The Kier molecular flexibility index (Phi) is 15.1. The lowest BCUT2D eigenvalue weighted by atomic mass is 9.92. The van der Waals surface area contributed by atoms with Crippen LogP contribution in [-0.2, 0) is 11.0 Å². The van der Waals surface area contributed by atoms with E-state index in [4.69, 9.17) is 0 Å². The zero-order valence-electron chi connectivity index (χ0n) is 19.7. The number of carbonyl (C=O) groups is 1. The summed E-state index contributed by atoms with van der Waals surface area (Å²) in [7, 11) is -1.01. The van der Waals surface area contributed by atoms with Crippen molar-refractivity contribution in [1.29, 1.82) is 0 Å². The number of unbranched alkanes of at least 4 members (excludes halogenated alkanes) is 3. The average molecular weight is 504 g/mol. The minimum atomic E-state index is -1.01.